The van der Waals surface area contributed by atoms with Gasteiger partial charge in [-0.15, -0.1) is 0 Å². The Labute approximate surface area is 244 Å². The Hall–Kier alpha value is -2.98. The third-order valence-corrected chi connectivity index (χ3v) is 7.21. The first-order chi connectivity index (χ1) is 19.6. The number of unbranched alkanes of at least 4 members (excludes halogenated alkanes) is 13. The molecule has 0 aliphatic heterocycles. The van der Waals surface area contributed by atoms with Gasteiger partial charge in [0.1, 0.15) is 11.8 Å². The van der Waals surface area contributed by atoms with Crippen LogP contribution < -0.4 is 10.6 Å². The monoisotopic (exact) mass is 584 g/mol. The molecule has 11 heteroatoms. The molecule has 2 amide bonds. The molecule has 5 N–H and O–H groups in total. The van der Waals surface area contributed by atoms with Gasteiger partial charge in [-0.05, 0) is 25.7 Å². The van der Waals surface area contributed by atoms with Crippen LogP contribution in [0.5, 0.6) is 0 Å². The Balaban J connectivity index is 3.91. The van der Waals surface area contributed by atoms with Gasteiger partial charge in [0.05, 0.1) is 5.92 Å². The van der Waals surface area contributed by atoms with Crippen LogP contribution in [0.4, 0.5) is 0 Å². The molecule has 0 aromatic carbocycles. The molecule has 0 spiro atoms. The number of hydrogen-bond acceptors (Lipinski definition) is 6. The zero-order valence-corrected chi connectivity index (χ0v) is 24.8. The van der Waals surface area contributed by atoms with E-state index >= 15 is 0 Å². The number of carboxylic acid groups (broad SMARTS) is 3. The van der Waals surface area contributed by atoms with Crippen LogP contribution in [0.3, 0.4) is 0 Å². The third kappa shape index (κ3) is 23.4. The van der Waals surface area contributed by atoms with Crippen molar-refractivity contribution in [3.63, 3.8) is 0 Å². The van der Waals surface area contributed by atoms with Crippen LogP contribution >= 0.6 is 0 Å². The van der Waals surface area contributed by atoms with Crippen LogP contribution in [-0.2, 0) is 28.8 Å². The second kappa shape index (κ2) is 24.8. The van der Waals surface area contributed by atoms with E-state index in [1.807, 2.05) is 0 Å². The first kappa shape index (κ1) is 38.0. The molecule has 2 unspecified atom stereocenters. The van der Waals surface area contributed by atoms with Gasteiger partial charge in [0, 0.05) is 39.2 Å². The molecule has 0 saturated heterocycles. The maximum atomic E-state index is 12.2. The van der Waals surface area contributed by atoms with Gasteiger partial charge in [-0.2, -0.15) is 0 Å². The lowest BCUT2D eigenvalue weighted by Crippen LogP contribution is -2.41. The first-order valence-electron chi connectivity index (χ1n) is 15.3. The van der Waals surface area contributed by atoms with Crippen LogP contribution in [0.25, 0.3) is 0 Å². The van der Waals surface area contributed by atoms with Crippen molar-refractivity contribution in [3.8, 4) is 0 Å². The molecule has 0 fully saturated rings. The lowest BCUT2D eigenvalue weighted by atomic mass is 9.94. The summed E-state index contributed by atoms with van der Waals surface area (Å²) in [6, 6.07) is -1.21. The number of ketones is 1. The van der Waals surface area contributed by atoms with Gasteiger partial charge in [-0.3, -0.25) is 24.0 Å². The highest BCUT2D eigenvalue weighted by Crippen LogP contribution is 2.16. The molecule has 0 saturated carbocycles. The van der Waals surface area contributed by atoms with Crippen LogP contribution in [0.2, 0.25) is 0 Å². The maximum Gasteiger partial charge on any atom is 0.326 e. The predicted octanol–water partition coefficient (Wildman–Crippen LogP) is 4.85. The molecular formula is C30H52N2O9. The van der Waals surface area contributed by atoms with Gasteiger partial charge in [0.15, 0.2) is 0 Å². The van der Waals surface area contributed by atoms with Crippen molar-refractivity contribution in [2.24, 2.45) is 5.92 Å². The molecule has 0 bridgehead atoms. The smallest absolute Gasteiger partial charge is 0.326 e. The van der Waals surface area contributed by atoms with Crippen LogP contribution in [-0.4, -0.2) is 63.9 Å². The average Bonchev–Trinajstić information content (AvgIpc) is 2.92. The number of carbonyl (C=O) groups excluding carboxylic acids is 3. The maximum absolute atomic E-state index is 12.2. The predicted molar refractivity (Wildman–Crippen MR) is 154 cm³/mol. The van der Waals surface area contributed by atoms with E-state index in [0.29, 0.717) is 6.42 Å². The quantitative estimate of drug-likeness (QED) is 0.0801. The standard InChI is InChI=1S/C30H52N2O9/c1-31-26(34)21-18-23(29(38)39)22-24(33)19-20-25(30(40)41)32-27(35)16-14-12-10-8-6-4-2-3-5-7-9-11-13-15-17-28(36)37/h23,25H,2-22H2,1H3,(H,31,34)(H,32,35)(H,36,37)(H,38,39)(H,40,41). The first-order valence-corrected chi connectivity index (χ1v) is 15.3. The molecule has 0 aliphatic carbocycles. The molecule has 0 heterocycles. The summed E-state index contributed by atoms with van der Waals surface area (Å²) in [4.78, 5) is 69.2. The molecule has 2 atom stereocenters. The minimum absolute atomic E-state index is 0.0137. The topological polar surface area (TPSA) is 187 Å². The minimum atomic E-state index is -1.24. The highest BCUT2D eigenvalue weighted by atomic mass is 16.4. The van der Waals surface area contributed by atoms with Gasteiger partial charge in [0.2, 0.25) is 11.8 Å². The Morgan fingerprint density at radius 3 is 1.41 bits per heavy atom. The molecule has 0 rings (SSSR count). The number of Topliss-reactive ketones (excluding diaryl/α,β-unsaturated/α-hetero) is 1. The lowest BCUT2D eigenvalue weighted by molar-refractivity contribution is -0.145. The summed E-state index contributed by atoms with van der Waals surface area (Å²) < 4.78 is 0. The van der Waals surface area contributed by atoms with Crippen molar-refractivity contribution in [2.75, 3.05) is 7.05 Å². The molecule has 11 nitrogen and oxygen atoms in total. The summed E-state index contributed by atoms with van der Waals surface area (Å²) in [5, 5.41) is 32.2. The fourth-order valence-electron chi connectivity index (χ4n) is 4.63. The van der Waals surface area contributed by atoms with E-state index in [1.54, 1.807) is 0 Å². The molecule has 236 valence electrons. The van der Waals surface area contributed by atoms with Crippen LogP contribution in [0.1, 0.15) is 135 Å². The van der Waals surface area contributed by atoms with Crippen molar-refractivity contribution in [2.45, 2.75) is 141 Å². The number of carbonyl (C=O) groups is 6. The van der Waals surface area contributed by atoms with Gasteiger partial charge >= 0.3 is 17.9 Å². The van der Waals surface area contributed by atoms with Gasteiger partial charge < -0.3 is 26.0 Å². The van der Waals surface area contributed by atoms with Crippen LogP contribution in [0, 0.1) is 5.92 Å². The van der Waals surface area contributed by atoms with E-state index < -0.39 is 35.7 Å². The second-order valence-corrected chi connectivity index (χ2v) is 10.8. The SMILES string of the molecule is CNC(=O)CCC(CC(=O)CCC(NC(=O)CCCCCCCCCCCCCCCCC(=O)O)C(=O)O)C(=O)O. The van der Waals surface area contributed by atoms with Crippen molar-refractivity contribution in [1.82, 2.24) is 10.6 Å². The number of nitrogens with one attached hydrogen (secondary N) is 2. The number of rotatable bonds is 28. The van der Waals surface area contributed by atoms with E-state index in [1.165, 1.54) is 45.6 Å². The van der Waals surface area contributed by atoms with E-state index in [0.717, 1.165) is 44.9 Å². The second-order valence-electron chi connectivity index (χ2n) is 10.8. The largest absolute Gasteiger partial charge is 0.481 e. The van der Waals surface area contributed by atoms with Gasteiger partial charge in [0.25, 0.3) is 0 Å². The number of aliphatic carboxylic acids is 3. The minimum Gasteiger partial charge on any atom is -0.481 e. The summed E-state index contributed by atoms with van der Waals surface area (Å²) in [7, 11) is 1.44. The van der Waals surface area contributed by atoms with Gasteiger partial charge in [-0.1, -0.05) is 77.0 Å². The van der Waals surface area contributed by atoms with E-state index in [2.05, 4.69) is 10.6 Å². The average molecular weight is 585 g/mol. The molecule has 0 aromatic rings. The van der Waals surface area contributed by atoms with Crippen molar-refractivity contribution >= 4 is 35.5 Å². The van der Waals surface area contributed by atoms with Crippen molar-refractivity contribution in [1.29, 1.82) is 0 Å². The summed E-state index contributed by atoms with van der Waals surface area (Å²) in [6.07, 6.45) is 14.9. The highest BCUT2D eigenvalue weighted by Gasteiger charge is 2.25. The Bertz CT molecular complexity index is 801. The molecular weight excluding hydrogens is 532 g/mol. The Morgan fingerprint density at radius 2 is 1.00 bits per heavy atom. The molecule has 0 radical (unpaired) electrons. The fraction of sp³-hybridized carbons (Fsp3) is 0.800. The van der Waals surface area contributed by atoms with Crippen molar-refractivity contribution < 1.29 is 44.1 Å². The third-order valence-electron chi connectivity index (χ3n) is 7.21. The fourth-order valence-corrected chi connectivity index (χ4v) is 4.63. The molecule has 0 aromatic heterocycles. The molecule has 0 aliphatic rings. The zero-order chi connectivity index (χ0) is 30.9. The summed E-state index contributed by atoms with van der Waals surface area (Å²) in [6.45, 7) is 0. The Morgan fingerprint density at radius 1 is 0.537 bits per heavy atom. The molecule has 41 heavy (non-hydrogen) atoms. The normalized spacial score (nSPS) is 12.3. The summed E-state index contributed by atoms with van der Waals surface area (Å²) in [5.74, 6) is -5.26. The number of amides is 2. The van der Waals surface area contributed by atoms with Gasteiger partial charge in [-0.25, -0.2) is 4.79 Å². The lowest BCUT2D eigenvalue weighted by Gasteiger charge is -2.15. The number of carboxylic acids is 3. The zero-order valence-electron chi connectivity index (χ0n) is 24.8. The van der Waals surface area contributed by atoms with E-state index in [4.69, 9.17) is 5.11 Å². The van der Waals surface area contributed by atoms with E-state index in [9.17, 15) is 39.0 Å². The summed E-state index contributed by atoms with van der Waals surface area (Å²) >= 11 is 0. The van der Waals surface area contributed by atoms with Crippen molar-refractivity contribution in [3.05, 3.63) is 0 Å². The Kier molecular flexibility index (Phi) is 23.0. The van der Waals surface area contributed by atoms with E-state index in [-0.39, 0.29) is 56.8 Å². The van der Waals surface area contributed by atoms with Crippen LogP contribution in [0.15, 0.2) is 0 Å². The summed E-state index contributed by atoms with van der Waals surface area (Å²) in [5.41, 5.74) is 0. The number of hydrogen-bond donors (Lipinski definition) is 5. The highest BCUT2D eigenvalue weighted by molar-refractivity contribution is 5.86.